The van der Waals surface area contributed by atoms with E-state index in [1.165, 1.54) is 0 Å². The van der Waals surface area contributed by atoms with Crippen molar-refractivity contribution in [3.8, 4) is 0 Å². The van der Waals surface area contributed by atoms with Crippen LogP contribution in [0, 0.1) is 0 Å². The number of aliphatic hydroxyl groups excluding tert-OH is 1. The van der Waals surface area contributed by atoms with E-state index in [0.717, 1.165) is 25.2 Å². The van der Waals surface area contributed by atoms with Gasteiger partial charge in [0, 0.05) is 19.4 Å². The van der Waals surface area contributed by atoms with E-state index >= 15 is 0 Å². The number of imidazole rings is 1. The van der Waals surface area contributed by atoms with Gasteiger partial charge in [-0.3, -0.25) is 0 Å². The van der Waals surface area contributed by atoms with Gasteiger partial charge in [0.1, 0.15) is 5.82 Å². The molecule has 0 aliphatic rings. The highest BCUT2D eigenvalue weighted by atomic mass is 16.3. The molecule has 0 fully saturated rings. The Kier molecular flexibility index (Phi) is 4.78. The molecule has 86 valence electrons. The van der Waals surface area contributed by atoms with Gasteiger partial charge >= 0.3 is 0 Å². The summed E-state index contributed by atoms with van der Waals surface area (Å²) in [5.41, 5.74) is 0. The standard InChI is InChI=1S/C11H21N3O/c1-4-10(15)5-6-12-9(2)11-13-7-8-14(11)3/h7-10,12,15H,4-6H2,1-3H3. The zero-order chi connectivity index (χ0) is 11.3. The molecule has 0 aromatic carbocycles. The van der Waals surface area contributed by atoms with Gasteiger partial charge in [-0.2, -0.15) is 0 Å². The molecule has 0 radical (unpaired) electrons. The predicted molar refractivity (Wildman–Crippen MR) is 60.5 cm³/mol. The van der Waals surface area contributed by atoms with Crippen molar-refractivity contribution in [2.45, 2.75) is 38.8 Å². The van der Waals surface area contributed by atoms with Crippen LogP contribution in [0.5, 0.6) is 0 Å². The molecule has 0 amide bonds. The first-order valence-corrected chi connectivity index (χ1v) is 5.53. The lowest BCUT2D eigenvalue weighted by molar-refractivity contribution is 0.158. The van der Waals surface area contributed by atoms with Gasteiger partial charge in [-0.1, -0.05) is 6.92 Å². The average molecular weight is 211 g/mol. The summed E-state index contributed by atoms with van der Waals surface area (Å²) in [6.07, 6.45) is 5.16. The number of aliphatic hydroxyl groups is 1. The molecule has 2 atom stereocenters. The van der Waals surface area contributed by atoms with E-state index in [0.29, 0.717) is 0 Å². The maximum Gasteiger partial charge on any atom is 0.125 e. The van der Waals surface area contributed by atoms with Crippen LogP contribution >= 0.6 is 0 Å². The highest BCUT2D eigenvalue weighted by Crippen LogP contribution is 2.08. The lowest BCUT2D eigenvalue weighted by Crippen LogP contribution is -2.25. The molecule has 0 bridgehead atoms. The number of aryl methyl sites for hydroxylation is 1. The van der Waals surface area contributed by atoms with Crippen molar-refractivity contribution in [2.24, 2.45) is 7.05 Å². The van der Waals surface area contributed by atoms with Crippen LogP contribution in [0.1, 0.15) is 38.6 Å². The van der Waals surface area contributed by atoms with E-state index < -0.39 is 0 Å². The van der Waals surface area contributed by atoms with Crippen molar-refractivity contribution in [2.75, 3.05) is 6.54 Å². The highest BCUT2D eigenvalue weighted by Gasteiger charge is 2.09. The second kappa shape index (κ2) is 5.88. The normalized spacial score (nSPS) is 15.2. The summed E-state index contributed by atoms with van der Waals surface area (Å²) in [6, 6.07) is 0.231. The summed E-state index contributed by atoms with van der Waals surface area (Å²) in [6.45, 7) is 4.90. The van der Waals surface area contributed by atoms with Crippen LogP contribution in [-0.4, -0.2) is 27.3 Å². The molecule has 0 aliphatic heterocycles. The maximum absolute atomic E-state index is 9.40. The second-order valence-electron chi connectivity index (χ2n) is 3.92. The van der Waals surface area contributed by atoms with Crippen LogP contribution in [0.25, 0.3) is 0 Å². The topological polar surface area (TPSA) is 50.1 Å². The van der Waals surface area contributed by atoms with Gasteiger partial charge in [-0.05, 0) is 26.3 Å². The molecule has 4 nitrogen and oxygen atoms in total. The molecule has 1 rings (SSSR count). The number of hydrogen-bond donors (Lipinski definition) is 2. The lowest BCUT2D eigenvalue weighted by Gasteiger charge is -2.15. The van der Waals surface area contributed by atoms with E-state index in [4.69, 9.17) is 0 Å². The molecule has 2 unspecified atom stereocenters. The molecule has 2 N–H and O–H groups in total. The first-order valence-electron chi connectivity index (χ1n) is 5.53. The third-order valence-electron chi connectivity index (χ3n) is 2.65. The Morgan fingerprint density at radius 3 is 2.87 bits per heavy atom. The molecular weight excluding hydrogens is 190 g/mol. The Balaban J connectivity index is 2.31. The van der Waals surface area contributed by atoms with Crippen molar-refractivity contribution in [1.29, 1.82) is 0 Å². The first kappa shape index (κ1) is 12.2. The number of hydrogen-bond acceptors (Lipinski definition) is 3. The molecule has 0 aliphatic carbocycles. The van der Waals surface area contributed by atoms with Crippen LogP contribution < -0.4 is 5.32 Å². The van der Waals surface area contributed by atoms with Crippen molar-refractivity contribution in [3.05, 3.63) is 18.2 Å². The Hall–Kier alpha value is -0.870. The monoisotopic (exact) mass is 211 g/mol. The molecule has 0 saturated heterocycles. The summed E-state index contributed by atoms with van der Waals surface area (Å²) in [4.78, 5) is 4.27. The number of rotatable bonds is 6. The molecule has 0 spiro atoms. The van der Waals surface area contributed by atoms with E-state index in [1.807, 2.05) is 24.7 Å². The van der Waals surface area contributed by atoms with Gasteiger partial charge in [0.15, 0.2) is 0 Å². The van der Waals surface area contributed by atoms with Crippen LogP contribution in [0.3, 0.4) is 0 Å². The average Bonchev–Trinajstić information content (AvgIpc) is 2.64. The smallest absolute Gasteiger partial charge is 0.125 e. The minimum Gasteiger partial charge on any atom is -0.393 e. The van der Waals surface area contributed by atoms with Crippen molar-refractivity contribution in [3.63, 3.8) is 0 Å². The third-order valence-corrected chi connectivity index (χ3v) is 2.65. The van der Waals surface area contributed by atoms with Gasteiger partial charge in [-0.15, -0.1) is 0 Å². The Bertz CT molecular complexity index is 285. The predicted octanol–water partition coefficient (Wildman–Crippen LogP) is 1.23. The van der Waals surface area contributed by atoms with Crippen LogP contribution in [0.15, 0.2) is 12.4 Å². The molecule has 1 aromatic heterocycles. The Morgan fingerprint density at radius 2 is 2.33 bits per heavy atom. The molecule has 0 saturated carbocycles. The fourth-order valence-corrected chi connectivity index (χ4v) is 1.56. The highest BCUT2D eigenvalue weighted by molar-refractivity contribution is 4.96. The van der Waals surface area contributed by atoms with Crippen molar-refractivity contribution < 1.29 is 5.11 Å². The van der Waals surface area contributed by atoms with Gasteiger partial charge in [0.2, 0.25) is 0 Å². The maximum atomic E-state index is 9.40. The second-order valence-corrected chi connectivity index (χ2v) is 3.92. The van der Waals surface area contributed by atoms with Crippen molar-refractivity contribution >= 4 is 0 Å². The Morgan fingerprint density at radius 1 is 1.60 bits per heavy atom. The zero-order valence-corrected chi connectivity index (χ0v) is 9.77. The minimum absolute atomic E-state index is 0.189. The van der Waals surface area contributed by atoms with Gasteiger partial charge in [-0.25, -0.2) is 4.98 Å². The van der Waals surface area contributed by atoms with E-state index in [2.05, 4.69) is 17.2 Å². The SMILES string of the molecule is CCC(O)CCNC(C)c1nccn1C. The van der Waals surface area contributed by atoms with Crippen LogP contribution in [0.4, 0.5) is 0 Å². The molecule has 1 heterocycles. The molecule has 15 heavy (non-hydrogen) atoms. The summed E-state index contributed by atoms with van der Waals surface area (Å²) < 4.78 is 2.01. The summed E-state index contributed by atoms with van der Waals surface area (Å²) >= 11 is 0. The summed E-state index contributed by atoms with van der Waals surface area (Å²) in [5, 5.41) is 12.7. The minimum atomic E-state index is -0.189. The van der Waals surface area contributed by atoms with Gasteiger partial charge < -0.3 is 15.0 Å². The third kappa shape index (κ3) is 3.64. The van der Waals surface area contributed by atoms with Crippen LogP contribution in [-0.2, 0) is 7.05 Å². The van der Waals surface area contributed by atoms with Gasteiger partial charge in [0.05, 0.1) is 12.1 Å². The number of aromatic nitrogens is 2. The Labute approximate surface area is 91.3 Å². The molecular formula is C11H21N3O. The van der Waals surface area contributed by atoms with Crippen molar-refractivity contribution in [1.82, 2.24) is 14.9 Å². The van der Waals surface area contributed by atoms with Crippen LogP contribution in [0.2, 0.25) is 0 Å². The summed E-state index contributed by atoms with van der Waals surface area (Å²) in [5.74, 6) is 1.03. The van der Waals surface area contributed by atoms with Gasteiger partial charge in [0.25, 0.3) is 0 Å². The fraction of sp³-hybridized carbons (Fsp3) is 0.727. The molecule has 4 heteroatoms. The summed E-state index contributed by atoms with van der Waals surface area (Å²) in [7, 11) is 1.99. The van der Waals surface area contributed by atoms with E-state index in [9.17, 15) is 5.11 Å². The van der Waals surface area contributed by atoms with E-state index in [-0.39, 0.29) is 12.1 Å². The number of nitrogens with zero attached hydrogens (tertiary/aromatic N) is 2. The van der Waals surface area contributed by atoms with E-state index in [1.54, 1.807) is 6.20 Å². The molecule has 1 aromatic rings. The fourth-order valence-electron chi connectivity index (χ4n) is 1.56. The number of nitrogens with one attached hydrogen (secondary N) is 1. The lowest BCUT2D eigenvalue weighted by atomic mass is 10.2. The zero-order valence-electron chi connectivity index (χ0n) is 9.77. The first-order chi connectivity index (χ1) is 7.15. The quantitative estimate of drug-likeness (QED) is 0.744. The largest absolute Gasteiger partial charge is 0.393 e.